The van der Waals surface area contributed by atoms with Crippen LogP contribution in [0.5, 0.6) is 0 Å². The largest absolute Gasteiger partial charge is 0.375 e. The van der Waals surface area contributed by atoms with E-state index in [-0.39, 0.29) is 22.9 Å². The van der Waals surface area contributed by atoms with Crippen LogP contribution in [-0.4, -0.2) is 18.0 Å². The van der Waals surface area contributed by atoms with E-state index in [1.165, 1.54) is 6.42 Å². The zero-order valence-electron chi connectivity index (χ0n) is 12.0. The van der Waals surface area contributed by atoms with Crippen LogP contribution in [0, 0.1) is 17.6 Å². The Hall–Kier alpha value is -1.29. The summed E-state index contributed by atoms with van der Waals surface area (Å²) < 4.78 is 32.5. The van der Waals surface area contributed by atoms with Crippen molar-refractivity contribution in [2.75, 3.05) is 6.61 Å². The van der Waals surface area contributed by atoms with E-state index in [4.69, 9.17) is 4.74 Å². The molecule has 114 valence electrons. The molecule has 2 fully saturated rings. The highest BCUT2D eigenvalue weighted by Gasteiger charge is 2.40. The number of ether oxygens (including phenoxy) is 1. The molecule has 1 aromatic carbocycles. The van der Waals surface area contributed by atoms with Crippen molar-refractivity contribution in [2.24, 2.45) is 5.92 Å². The third-order valence-electron chi connectivity index (χ3n) is 4.78. The molecule has 0 amide bonds. The summed E-state index contributed by atoms with van der Waals surface area (Å²) in [4.78, 5) is 12.5. The molecule has 0 bridgehead atoms. The van der Waals surface area contributed by atoms with Gasteiger partial charge in [0.05, 0.1) is 5.60 Å². The first kappa shape index (κ1) is 14.6. The number of hydrogen-bond donors (Lipinski definition) is 0. The van der Waals surface area contributed by atoms with E-state index in [1.807, 2.05) is 0 Å². The maximum absolute atomic E-state index is 13.3. The summed E-state index contributed by atoms with van der Waals surface area (Å²) in [5.41, 5.74) is -0.0340. The van der Waals surface area contributed by atoms with Crippen LogP contribution in [0.15, 0.2) is 18.2 Å². The van der Waals surface area contributed by atoms with Crippen LogP contribution >= 0.6 is 0 Å². The molecule has 0 N–H and O–H groups in total. The van der Waals surface area contributed by atoms with Crippen LogP contribution in [-0.2, 0) is 4.74 Å². The third kappa shape index (κ3) is 3.15. The summed E-state index contributed by atoms with van der Waals surface area (Å²) in [6, 6.07) is 3.06. The van der Waals surface area contributed by atoms with Gasteiger partial charge in [-0.2, -0.15) is 0 Å². The average Bonchev–Trinajstić information content (AvgIpc) is 2.46. The average molecular weight is 294 g/mol. The molecule has 4 heteroatoms. The molecule has 3 rings (SSSR count). The van der Waals surface area contributed by atoms with Crippen molar-refractivity contribution in [3.63, 3.8) is 0 Å². The van der Waals surface area contributed by atoms with Gasteiger partial charge in [0.1, 0.15) is 11.6 Å². The second kappa shape index (κ2) is 5.84. The minimum absolute atomic E-state index is 0.144. The number of hydrogen-bond acceptors (Lipinski definition) is 2. The fraction of sp³-hybridized carbons (Fsp3) is 0.588. The van der Waals surface area contributed by atoms with Gasteiger partial charge in [-0.1, -0.05) is 19.3 Å². The van der Waals surface area contributed by atoms with Gasteiger partial charge in [-0.15, -0.1) is 0 Å². The van der Waals surface area contributed by atoms with Gasteiger partial charge in [0.15, 0.2) is 5.78 Å². The number of carbonyl (C=O) groups is 1. The maximum atomic E-state index is 13.3. The lowest BCUT2D eigenvalue weighted by atomic mass is 9.74. The van der Waals surface area contributed by atoms with E-state index < -0.39 is 11.6 Å². The smallest absolute Gasteiger partial charge is 0.166 e. The highest BCUT2D eigenvalue weighted by Crippen LogP contribution is 2.41. The fourth-order valence-corrected chi connectivity index (χ4v) is 3.73. The molecular weight excluding hydrogens is 274 g/mol. The monoisotopic (exact) mass is 294 g/mol. The Kier molecular flexibility index (Phi) is 4.07. The van der Waals surface area contributed by atoms with Crippen LogP contribution in [0.2, 0.25) is 0 Å². The van der Waals surface area contributed by atoms with E-state index in [2.05, 4.69) is 0 Å². The Balaban J connectivity index is 1.77. The Bertz CT molecular complexity index is 510. The summed E-state index contributed by atoms with van der Waals surface area (Å²) in [7, 11) is 0. The fourth-order valence-electron chi connectivity index (χ4n) is 3.73. The zero-order valence-corrected chi connectivity index (χ0v) is 12.0. The molecule has 1 saturated carbocycles. The highest BCUT2D eigenvalue weighted by molar-refractivity contribution is 5.98. The minimum Gasteiger partial charge on any atom is -0.375 e. The van der Waals surface area contributed by atoms with Gasteiger partial charge in [-0.3, -0.25) is 4.79 Å². The third-order valence-corrected chi connectivity index (χ3v) is 4.78. The maximum Gasteiger partial charge on any atom is 0.166 e. The molecule has 1 unspecified atom stereocenters. The molecule has 1 atom stereocenters. The molecular formula is C17H20F2O2. The lowest BCUT2D eigenvalue weighted by Gasteiger charge is -2.43. The van der Waals surface area contributed by atoms with Gasteiger partial charge < -0.3 is 4.74 Å². The molecule has 0 radical (unpaired) electrons. The predicted octanol–water partition coefficient (Wildman–Crippen LogP) is 4.28. The zero-order chi connectivity index (χ0) is 14.9. The van der Waals surface area contributed by atoms with Crippen LogP contribution in [0.1, 0.15) is 55.3 Å². The van der Waals surface area contributed by atoms with Crippen molar-refractivity contribution in [3.05, 3.63) is 35.4 Å². The van der Waals surface area contributed by atoms with Crippen molar-refractivity contribution >= 4 is 5.78 Å². The van der Waals surface area contributed by atoms with Crippen molar-refractivity contribution < 1.29 is 18.3 Å². The SMILES string of the molecule is O=C(c1cc(F)cc(F)c1)C1CCOC2(CCCCC2)C1. The molecule has 1 aliphatic heterocycles. The molecule has 2 nitrogen and oxygen atoms in total. The second-order valence-corrected chi connectivity index (χ2v) is 6.30. The Labute approximate surface area is 123 Å². The lowest BCUT2D eigenvalue weighted by molar-refractivity contribution is -0.111. The summed E-state index contributed by atoms with van der Waals surface area (Å²) in [5.74, 6) is -1.73. The first-order valence-corrected chi connectivity index (χ1v) is 7.72. The molecule has 0 aromatic heterocycles. The minimum atomic E-state index is -0.696. The molecule has 21 heavy (non-hydrogen) atoms. The van der Waals surface area contributed by atoms with Crippen LogP contribution in [0.3, 0.4) is 0 Å². The van der Waals surface area contributed by atoms with E-state index >= 15 is 0 Å². The Morgan fingerprint density at radius 3 is 2.43 bits per heavy atom. The highest BCUT2D eigenvalue weighted by atomic mass is 19.1. The quantitative estimate of drug-likeness (QED) is 0.761. The lowest BCUT2D eigenvalue weighted by Crippen LogP contribution is -2.43. The van der Waals surface area contributed by atoms with Crippen LogP contribution < -0.4 is 0 Å². The van der Waals surface area contributed by atoms with Crippen molar-refractivity contribution in [1.82, 2.24) is 0 Å². The second-order valence-electron chi connectivity index (χ2n) is 6.30. The van der Waals surface area contributed by atoms with E-state index in [9.17, 15) is 13.6 Å². The predicted molar refractivity (Wildman–Crippen MR) is 75.2 cm³/mol. The van der Waals surface area contributed by atoms with Crippen molar-refractivity contribution in [3.8, 4) is 0 Å². The number of rotatable bonds is 2. The summed E-state index contributed by atoms with van der Waals surface area (Å²) >= 11 is 0. The van der Waals surface area contributed by atoms with E-state index in [0.29, 0.717) is 19.4 Å². The molecule has 1 aromatic rings. The normalized spacial score (nSPS) is 25.0. The molecule has 2 aliphatic rings. The number of Topliss-reactive ketones (excluding diaryl/α,β-unsaturated/α-hetero) is 1. The van der Waals surface area contributed by atoms with E-state index in [0.717, 1.165) is 43.9 Å². The number of carbonyl (C=O) groups excluding carboxylic acids is 1. The van der Waals surface area contributed by atoms with Crippen LogP contribution in [0.4, 0.5) is 8.78 Å². The Morgan fingerprint density at radius 1 is 1.10 bits per heavy atom. The van der Waals surface area contributed by atoms with Gasteiger partial charge in [-0.05, 0) is 37.8 Å². The van der Waals surface area contributed by atoms with E-state index in [1.54, 1.807) is 0 Å². The first-order chi connectivity index (χ1) is 10.1. The number of ketones is 1. The first-order valence-electron chi connectivity index (χ1n) is 7.72. The summed E-state index contributed by atoms with van der Waals surface area (Å²) in [6.45, 7) is 0.564. The summed E-state index contributed by atoms with van der Waals surface area (Å²) in [6.07, 6.45) is 6.80. The Morgan fingerprint density at radius 2 is 1.76 bits per heavy atom. The number of halogens is 2. The van der Waals surface area contributed by atoms with Gasteiger partial charge in [0.25, 0.3) is 0 Å². The summed E-state index contributed by atoms with van der Waals surface area (Å²) in [5, 5.41) is 0. The van der Waals surface area contributed by atoms with Crippen molar-refractivity contribution in [2.45, 2.75) is 50.5 Å². The van der Waals surface area contributed by atoms with Gasteiger partial charge in [0.2, 0.25) is 0 Å². The van der Waals surface area contributed by atoms with Crippen molar-refractivity contribution in [1.29, 1.82) is 0 Å². The van der Waals surface area contributed by atoms with Gasteiger partial charge in [-0.25, -0.2) is 8.78 Å². The van der Waals surface area contributed by atoms with Crippen LogP contribution in [0.25, 0.3) is 0 Å². The molecule has 1 saturated heterocycles. The standard InChI is InChI=1S/C17H20F2O2/c18-14-8-13(9-15(19)10-14)16(20)12-4-7-21-17(11-12)5-2-1-3-6-17/h8-10,12H,1-7,11H2. The van der Waals surface area contributed by atoms with Gasteiger partial charge in [0, 0.05) is 24.2 Å². The number of benzene rings is 1. The molecule has 1 heterocycles. The van der Waals surface area contributed by atoms with Gasteiger partial charge >= 0.3 is 0 Å². The molecule has 1 spiro atoms. The topological polar surface area (TPSA) is 26.3 Å². The molecule has 1 aliphatic carbocycles.